The highest BCUT2D eigenvalue weighted by Gasteiger charge is 2.22. The lowest BCUT2D eigenvalue weighted by molar-refractivity contribution is -0.122. The predicted molar refractivity (Wildman–Crippen MR) is 97.3 cm³/mol. The van der Waals surface area contributed by atoms with Gasteiger partial charge in [-0.1, -0.05) is 54.1 Å². The number of alkyl carbamates (subject to hydrolysis) is 1. The van der Waals surface area contributed by atoms with Crippen molar-refractivity contribution in [3.8, 4) is 6.07 Å². The van der Waals surface area contributed by atoms with Crippen molar-refractivity contribution >= 4 is 23.6 Å². The molecule has 0 saturated carbocycles. The number of nitriles is 1. The third kappa shape index (κ3) is 6.46. The zero-order chi connectivity index (χ0) is 18.8. The molecule has 2 N–H and O–H groups in total. The van der Waals surface area contributed by atoms with Gasteiger partial charge in [0.05, 0.1) is 6.07 Å². The van der Waals surface area contributed by atoms with Gasteiger partial charge in [-0.25, -0.2) is 4.79 Å². The van der Waals surface area contributed by atoms with Crippen molar-refractivity contribution in [1.29, 1.82) is 5.26 Å². The first-order valence-electron chi connectivity index (χ1n) is 7.95. The molecule has 2 amide bonds. The Kier molecular flexibility index (Phi) is 7.47. The summed E-state index contributed by atoms with van der Waals surface area (Å²) in [5.41, 5.74) is 1.61. The fourth-order valence-corrected chi connectivity index (χ4v) is 2.48. The molecule has 0 fully saturated rings. The Bertz CT molecular complexity index is 790. The topological polar surface area (TPSA) is 91.2 Å². The molecule has 1 atom stereocenters. The van der Waals surface area contributed by atoms with Gasteiger partial charge in [-0.2, -0.15) is 5.26 Å². The van der Waals surface area contributed by atoms with Crippen molar-refractivity contribution in [3.63, 3.8) is 0 Å². The molecular formula is C19H18ClN3O3. The molecule has 26 heavy (non-hydrogen) atoms. The summed E-state index contributed by atoms with van der Waals surface area (Å²) in [6.45, 7) is -0.0536. The zero-order valence-corrected chi connectivity index (χ0v) is 14.7. The average molecular weight is 372 g/mol. The van der Waals surface area contributed by atoms with Gasteiger partial charge in [0.25, 0.3) is 0 Å². The highest BCUT2D eigenvalue weighted by molar-refractivity contribution is 6.30. The largest absolute Gasteiger partial charge is 0.445 e. The molecule has 0 radical (unpaired) electrons. The summed E-state index contributed by atoms with van der Waals surface area (Å²) in [6, 6.07) is 17.1. The molecule has 0 heterocycles. The average Bonchev–Trinajstić information content (AvgIpc) is 2.65. The molecule has 1 unspecified atom stereocenters. The third-order valence-electron chi connectivity index (χ3n) is 3.49. The monoisotopic (exact) mass is 371 g/mol. The molecule has 0 aliphatic carbocycles. The Balaban J connectivity index is 1.99. The van der Waals surface area contributed by atoms with E-state index in [4.69, 9.17) is 21.6 Å². The Morgan fingerprint density at radius 1 is 1.12 bits per heavy atom. The van der Waals surface area contributed by atoms with Crippen LogP contribution in [0.4, 0.5) is 4.79 Å². The summed E-state index contributed by atoms with van der Waals surface area (Å²) in [4.78, 5) is 24.3. The van der Waals surface area contributed by atoms with E-state index in [2.05, 4.69) is 10.6 Å². The number of carbonyl (C=O) groups excluding carboxylic acids is 2. The van der Waals surface area contributed by atoms with Crippen molar-refractivity contribution in [1.82, 2.24) is 10.6 Å². The lowest BCUT2D eigenvalue weighted by Gasteiger charge is -2.18. The molecule has 7 heteroatoms. The van der Waals surface area contributed by atoms with Crippen LogP contribution < -0.4 is 10.6 Å². The van der Waals surface area contributed by atoms with Crippen LogP contribution in [0.3, 0.4) is 0 Å². The van der Waals surface area contributed by atoms with Crippen LogP contribution >= 0.6 is 11.6 Å². The normalized spacial score (nSPS) is 11.1. The van der Waals surface area contributed by atoms with Gasteiger partial charge in [0.15, 0.2) is 0 Å². The minimum Gasteiger partial charge on any atom is -0.445 e. The summed E-state index contributed by atoms with van der Waals surface area (Å²) >= 11 is 5.96. The highest BCUT2D eigenvalue weighted by Crippen LogP contribution is 2.12. The van der Waals surface area contributed by atoms with Gasteiger partial charge in [0.2, 0.25) is 5.91 Å². The first kappa shape index (κ1) is 19.3. The van der Waals surface area contributed by atoms with Crippen LogP contribution in [0, 0.1) is 11.3 Å². The fourth-order valence-electron chi connectivity index (χ4n) is 2.27. The smallest absolute Gasteiger partial charge is 0.408 e. The minimum atomic E-state index is -0.884. The van der Waals surface area contributed by atoms with Gasteiger partial charge in [0, 0.05) is 11.4 Å². The molecule has 0 bridgehead atoms. The molecule has 0 saturated heterocycles. The number of rotatable bonds is 7. The fraction of sp³-hybridized carbons (Fsp3) is 0.211. The summed E-state index contributed by atoms with van der Waals surface area (Å²) in [6.07, 6.45) is -0.494. The van der Waals surface area contributed by atoms with E-state index < -0.39 is 18.0 Å². The van der Waals surface area contributed by atoms with Crippen molar-refractivity contribution in [2.45, 2.75) is 19.1 Å². The Hall–Kier alpha value is -3.04. The van der Waals surface area contributed by atoms with Gasteiger partial charge in [-0.3, -0.25) is 4.79 Å². The zero-order valence-electron chi connectivity index (χ0n) is 13.9. The number of ether oxygens (including phenoxy) is 1. The number of hydrogen-bond acceptors (Lipinski definition) is 4. The summed E-state index contributed by atoms with van der Waals surface area (Å²) in [5.74, 6) is -0.469. The molecule has 0 aliphatic rings. The molecule has 0 spiro atoms. The minimum absolute atomic E-state index is 0.0936. The van der Waals surface area contributed by atoms with Crippen molar-refractivity contribution in [2.24, 2.45) is 0 Å². The quantitative estimate of drug-likeness (QED) is 0.732. The lowest BCUT2D eigenvalue weighted by Crippen LogP contribution is -2.48. The number of amides is 2. The van der Waals surface area contributed by atoms with E-state index in [0.717, 1.165) is 11.1 Å². The van der Waals surface area contributed by atoms with E-state index in [1.54, 1.807) is 24.3 Å². The molecular weight excluding hydrogens is 354 g/mol. The van der Waals surface area contributed by atoms with E-state index in [0.29, 0.717) is 5.02 Å². The summed E-state index contributed by atoms with van der Waals surface area (Å²) in [7, 11) is 0. The lowest BCUT2D eigenvalue weighted by atomic mass is 10.1. The molecule has 2 aromatic rings. The third-order valence-corrected chi connectivity index (χ3v) is 3.73. The van der Waals surface area contributed by atoms with E-state index in [1.807, 2.05) is 36.4 Å². The maximum absolute atomic E-state index is 12.2. The van der Waals surface area contributed by atoms with Crippen LogP contribution in [0.15, 0.2) is 54.6 Å². The highest BCUT2D eigenvalue weighted by atomic mass is 35.5. The Morgan fingerprint density at radius 3 is 2.54 bits per heavy atom. The second-order valence-electron chi connectivity index (χ2n) is 5.47. The van der Waals surface area contributed by atoms with Gasteiger partial charge in [-0.05, 0) is 23.3 Å². The second-order valence-corrected chi connectivity index (χ2v) is 5.91. The first-order chi connectivity index (χ1) is 12.6. The van der Waals surface area contributed by atoms with E-state index in [1.165, 1.54) is 0 Å². The Morgan fingerprint density at radius 2 is 1.85 bits per heavy atom. The van der Waals surface area contributed by atoms with Crippen molar-refractivity contribution in [2.75, 3.05) is 6.54 Å². The maximum Gasteiger partial charge on any atom is 0.408 e. The van der Waals surface area contributed by atoms with Gasteiger partial charge < -0.3 is 15.4 Å². The van der Waals surface area contributed by atoms with Crippen molar-refractivity contribution < 1.29 is 14.3 Å². The second kappa shape index (κ2) is 10.1. The number of hydrogen-bond donors (Lipinski definition) is 2. The Labute approximate surface area is 156 Å². The maximum atomic E-state index is 12.2. The standard InChI is InChI=1S/C19H18ClN3O3/c20-16-8-4-7-15(11-16)12-17(18(24)22-10-9-21)23-19(25)26-13-14-5-2-1-3-6-14/h1-8,11,17H,10,12-13H2,(H,22,24)(H,23,25). The van der Waals surface area contributed by atoms with Crippen LogP contribution in [-0.2, 0) is 22.6 Å². The summed E-state index contributed by atoms with van der Waals surface area (Å²) < 4.78 is 5.15. The number of benzene rings is 2. The molecule has 6 nitrogen and oxygen atoms in total. The first-order valence-corrected chi connectivity index (χ1v) is 8.32. The van der Waals surface area contributed by atoms with E-state index in [-0.39, 0.29) is 19.6 Å². The molecule has 2 aromatic carbocycles. The van der Waals surface area contributed by atoms with Crippen LogP contribution in [0.1, 0.15) is 11.1 Å². The van der Waals surface area contributed by atoms with E-state index >= 15 is 0 Å². The van der Waals surface area contributed by atoms with Gasteiger partial charge >= 0.3 is 6.09 Å². The van der Waals surface area contributed by atoms with Crippen LogP contribution in [0.5, 0.6) is 0 Å². The molecule has 2 rings (SSSR count). The molecule has 0 aliphatic heterocycles. The number of halogens is 1. The number of nitrogens with one attached hydrogen (secondary N) is 2. The number of carbonyl (C=O) groups is 2. The van der Waals surface area contributed by atoms with Crippen LogP contribution in [-0.4, -0.2) is 24.6 Å². The summed E-state index contributed by atoms with van der Waals surface area (Å²) in [5, 5.41) is 14.1. The van der Waals surface area contributed by atoms with Crippen LogP contribution in [0.25, 0.3) is 0 Å². The van der Waals surface area contributed by atoms with E-state index in [9.17, 15) is 9.59 Å². The van der Waals surface area contributed by atoms with Gasteiger partial charge in [-0.15, -0.1) is 0 Å². The molecule has 134 valence electrons. The van der Waals surface area contributed by atoms with Crippen LogP contribution in [0.2, 0.25) is 5.02 Å². The van der Waals surface area contributed by atoms with Crippen molar-refractivity contribution in [3.05, 3.63) is 70.7 Å². The predicted octanol–water partition coefficient (Wildman–Crippen LogP) is 2.82. The SMILES string of the molecule is N#CCNC(=O)C(Cc1cccc(Cl)c1)NC(=O)OCc1ccccc1. The number of nitrogens with zero attached hydrogens (tertiary/aromatic N) is 1. The molecule has 0 aromatic heterocycles. The van der Waals surface area contributed by atoms with Gasteiger partial charge in [0.1, 0.15) is 19.2 Å².